The first kappa shape index (κ1) is 23.6. The van der Waals surface area contributed by atoms with Gasteiger partial charge in [-0.05, 0) is 42.9 Å². The van der Waals surface area contributed by atoms with Crippen LogP contribution in [0.2, 0.25) is 0 Å². The van der Waals surface area contributed by atoms with Gasteiger partial charge in [0, 0.05) is 65.2 Å². The molecule has 1 aliphatic heterocycles. The number of hydrogen-bond acceptors (Lipinski definition) is 5. The van der Waals surface area contributed by atoms with Gasteiger partial charge in [-0.2, -0.15) is 0 Å². The smallest absolute Gasteiger partial charge is 0.191 e. The van der Waals surface area contributed by atoms with Gasteiger partial charge in [0.15, 0.2) is 5.96 Å². The first-order valence-corrected chi connectivity index (χ1v) is 9.88. The molecule has 0 aliphatic carbocycles. The first-order valence-electron chi connectivity index (χ1n) is 9.88. The van der Waals surface area contributed by atoms with Crippen LogP contribution in [0.3, 0.4) is 0 Å². The minimum absolute atomic E-state index is 0. The van der Waals surface area contributed by atoms with Crippen molar-refractivity contribution in [3.05, 3.63) is 42.6 Å². The molecule has 2 aromatic heterocycles. The maximum atomic E-state index is 5.80. The highest BCUT2D eigenvalue weighted by Crippen LogP contribution is 2.14. The predicted molar refractivity (Wildman–Crippen MR) is 124 cm³/mol. The molecule has 0 spiro atoms. The molecule has 29 heavy (non-hydrogen) atoms. The van der Waals surface area contributed by atoms with Gasteiger partial charge in [-0.25, -0.2) is 9.97 Å². The van der Waals surface area contributed by atoms with Gasteiger partial charge in [-0.1, -0.05) is 0 Å². The number of nitrogens with one attached hydrogen (secondary N) is 2. The van der Waals surface area contributed by atoms with E-state index in [0.717, 1.165) is 69.6 Å². The maximum Gasteiger partial charge on any atom is 0.191 e. The Labute approximate surface area is 189 Å². The third-order valence-corrected chi connectivity index (χ3v) is 4.71. The first-order chi connectivity index (χ1) is 13.8. The monoisotopic (exact) mass is 514 g/mol. The van der Waals surface area contributed by atoms with E-state index in [0.29, 0.717) is 12.5 Å². The van der Waals surface area contributed by atoms with Gasteiger partial charge in [-0.3, -0.25) is 9.56 Å². The van der Waals surface area contributed by atoms with Crippen LogP contribution in [0.4, 0.5) is 0 Å². The van der Waals surface area contributed by atoms with E-state index in [4.69, 9.17) is 9.47 Å². The molecule has 0 bridgehead atoms. The Balaban J connectivity index is 0.00000300. The van der Waals surface area contributed by atoms with E-state index in [9.17, 15) is 0 Å². The van der Waals surface area contributed by atoms with Crippen molar-refractivity contribution in [2.45, 2.75) is 25.8 Å². The third kappa shape index (κ3) is 8.27. The number of nitrogens with zero attached hydrogens (tertiary/aromatic N) is 4. The highest BCUT2D eigenvalue weighted by Gasteiger charge is 2.13. The van der Waals surface area contributed by atoms with Gasteiger partial charge in [0.2, 0.25) is 0 Å². The maximum absolute atomic E-state index is 5.80. The number of halogens is 1. The van der Waals surface area contributed by atoms with Gasteiger partial charge >= 0.3 is 0 Å². The highest BCUT2D eigenvalue weighted by atomic mass is 127. The van der Waals surface area contributed by atoms with Crippen molar-refractivity contribution in [2.75, 3.05) is 40.0 Å². The number of pyridine rings is 1. The van der Waals surface area contributed by atoms with Crippen LogP contribution in [0, 0.1) is 5.92 Å². The Hall–Kier alpha value is -1.72. The minimum Gasteiger partial charge on any atom is -0.381 e. The van der Waals surface area contributed by atoms with E-state index >= 15 is 0 Å². The molecule has 1 fully saturated rings. The minimum atomic E-state index is 0. The molecule has 0 amide bonds. The summed E-state index contributed by atoms with van der Waals surface area (Å²) >= 11 is 0. The fraction of sp³-hybridized carbons (Fsp3) is 0.550. The van der Waals surface area contributed by atoms with Gasteiger partial charge in [0.05, 0.1) is 0 Å². The van der Waals surface area contributed by atoms with Crippen molar-refractivity contribution in [3.63, 3.8) is 0 Å². The Morgan fingerprint density at radius 2 is 2.17 bits per heavy atom. The molecule has 0 atom stereocenters. The zero-order chi connectivity index (χ0) is 19.4. The summed E-state index contributed by atoms with van der Waals surface area (Å²) in [6.07, 6.45) is 10.3. The van der Waals surface area contributed by atoms with Crippen molar-refractivity contribution >= 4 is 29.9 Å². The second-order valence-corrected chi connectivity index (χ2v) is 6.83. The van der Waals surface area contributed by atoms with E-state index in [1.54, 1.807) is 25.8 Å². The van der Waals surface area contributed by atoms with Crippen LogP contribution in [0.25, 0.3) is 5.82 Å². The SMILES string of the molecule is CN=C(NCCCOCC1CCOCC1)NCc1ccnc(-n2ccnc2)c1.I. The van der Waals surface area contributed by atoms with E-state index in [2.05, 4.69) is 25.6 Å². The van der Waals surface area contributed by atoms with E-state index in [-0.39, 0.29) is 24.0 Å². The predicted octanol–water partition coefficient (Wildman–Crippen LogP) is 2.38. The summed E-state index contributed by atoms with van der Waals surface area (Å²) in [7, 11) is 1.78. The lowest BCUT2D eigenvalue weighted by Gasteiger charge is -2.21. The normalized spacial score (nSPS) is 15.0. The van der Waals surface area contributed by atoms with E-state index < -0.39 is 0 Å². The molecule has 3 heterocycles. The molecule has 1 saturated heterocycles. The van der Waals surface area contributed by atoms with Crippen LogP contribution in [0.5, 0.6) is 0 Å². The number of aromatic nitrogens is 3. The second-order valence-electron chi connectivity index (χ2n) is 6.83. The average Bonchev–Trinajstić information content (AvgIpc) is 3.29. The average molecular weight is 514 g/mol. The van der Waals surface area contributed by atoms with Crippen molar-refractivity contribution < 1.29 is 9.47 Å². The summed E-state index contributed by atoms with van der Waals surface area (Å²) < 4.78 is 13.1. The second kappa shape index (κ2) is 13.5. The Kier molecular flexibility index (Phi) is 11.0. The summed E-state index contributed by atoms with van der Waals surface area (Å²) in [6.45, 7) is 4.85. The Morgan fingerprint density at radius 3 is 2.93 bits per heavy atom. The van der Waals surface area contributed by atoms with Crippen molar-refractivity contribution in [1.29, 1.82) is 0 Å². The number of hydrogen-bond donors (Lipinski definition) is 2. The van der Waals surface area contributed by atoms with E-state index in [1.807, 2.05) is 22.9 Å². The van der Waals surface area contributed by atoms with Crippen LogP contribution in [0.15, 0.2) is 42.0 Å². The van der Waals surface area contributed by atoms with Gasteiger partial charge in [0.1, 0.15) is 12.1 Å². The molecule has 8 nitrogen and oxygen atoms in total. The number of imidazole rings is 1. The largest absolute Gasteiger partial charge is 0.381 e. The topological polar surface area (TPSA) is 85.6 Å². The molecule has 2 aromatic rings. The van der Waals surface area contributed by atoms with Crippen molar-refractivity contribution in [2.24, 2.45) is 10.9 Å². The fourth-order valence-electron chi connectivity index (χ4n) is 3.06. The van der Waals surface area contributed by atoms with Gasteiger partial charge in [-0.15, -0.1) is 24.0 Å². The van der Waals surface area contributed by atoms with E-state index in [1.165, 1.54) is 0 Å². The van der Waals surface area contributed by atoms with Crippen LogP contribution in [-0.2, 0) is 16.0 Å². The van der Waals surface area contributed by atoms with Crippen LogP contribution < -0.4 is 10.6 Å². The standard InChI is InChI=1S/C20H30N6O2.HI/c1-21-20(24-6-2-10-28-15-17-4-11-27-12-5-17)25-14-18-3-7-23-19(13-18)26-9-8-22-16-26;/h3,7-9,13,16-17H,2,4-6,10-12,14-15H2,1H3,(H2,21,24,25);1H. The zero-order valence-corrected chi connectivity index (χ0v) is 19.2. The summed E-state index contributed by atoms with van der Waals surface area (Å²) in [5, 5.41) is 6.66. The molecule has 0 unspecified atom stereocenters. The van der Waals surface area contributed by atoms with Crippen LogP contribution in [-0.4, -0.2) is 60.5 Å². The Bertz CT molecular complexity index is 720. The quantitative estimate of drug-likeness (QED) is 0.232. The van der Waals surface area contributed by atoms with Crippen molar-refractivity contribution in [1.82, 2.24) is 25.2 Å². The number of guanidine groups is 1. The number of rotatable bonds is 9. The lowest BCUT2D eigenvalue weighted by molar-refractivity contribution is 0.0203. The van der Waals surface area contributed by atoms with Crippen molar-refractivity contribution in [3.8, 4) is 5.82 Å². The molecule has 2 N–H and O–H groups in total. The molecule has 0 saturated carbocycles. The fourth-order valence-corrected chi connectivity index (χ4v) is 3.06. The van der Waals surface area contributed by atoms with Crippen LogP contribution in [0.1, 0.15) is 24.8 Å². The summed E-state index contributed by atoms with van der Waals surface area (Å²) in [5.74, 6) is 2.29. The van der Waals surface area contributed by atoms with Crippen LogP contribution >= 0.6 is 24.0 Å². The molecule has 3 rings (SSSR count). The molecular weight excluding hydrogens is 483 g/mol. The highest BCUT2D eigenvalue weighted by molar-refractivity contribution is 14.0. The molecule has 9 heteroatoms. The molecule has 160 valence electrons. The molecule has 0 aromatic carbocycles. The summed E-state index contributed by atoms with van der Waals surface area (Å²) in [6, 6.07) is 4.02. The Morgan fingerprint density at radius 1 is 1.31 bits per heavy atom. The lowest BCUT2D eigenvalue weighted by Crippen LogP contribution is -2.37. The van der Waals surface area contributed by atoms with Gasteiger partial charge < -0.3 is 20.1 Å². The summed E-state index contributed by atoms with van der Waals surface area (Å²) in [5.41, 5.74) is 1.13. The van der Waals surface area contributed by atoms with Gasteiger partial charge in [0.25, 0.3) is 0 Å². The number of aliphatic imine (C=N–C) groups is 1. The molecular formula is C20H31IN6O2. The third-order valence-electron chi connectivity index (χ3n) is 4.71. The zero-order valence-electron chi connectivity index (χ0n) is 16.9. The molecule has 0 radical (unpaired) electrons. The lowest BCUT2D eigenvalue weighted by atomic mass is 10.0. The number of ether oxygens (including phenoxy) is 2. The summed E-state index contributed by atoms with van der Waals surface area (Å²) in [4.78, 5) is 12.7. The molecule has 1 aliphatic rings.